The van der Waals surface area contributed by atoms with Crippen LogP contribution in [-0.4, -0.2) is 26.4 Å². The number of imidazole rings is 1. The van der Waals surface area contributed by atoms with Gasteiger partial charge in [-0.05, 0) is 38.8 Å². The number of thiazole rings is 1. The number of benzene rings is 1. The molecule has 1 amide bonds. The Labute approximate surface area is 202 Å². The summed E-state index contributed by atoms with van der Waals surface area (Å²) in [5.41, 5.74) is 7.60. The Morgan fingerprint density at radius 3 is 2.94 bits per heavy atom. The van der Waals surface area contributed by atoms with Crippen molar-refractivity contribution in [3.05, 3.63) is 62.8 Å². The molecule has 8 heteroatoms. The predicted molar refractivity (Wildman–Crippen MR) is 134 cm³/mol. The zero-order chi connectivity index (χ0) is 23.1. The van der Waals surface area contributed by atoms with E-state index in [1.54, 1.807) is 11.3 Å². The highest BCUT2D eigenvalue weighted by Crippen LogP contribution is 2.32. The van der Waals surface area contributed by atoms with Gasteiger partial charge in [0.15, 0.2) is 0 Å². The van der Waals surface area contributed by atoms with E-state index in [-0.39, 0.29) is 12.5 Å². The third kappa shape index (κ3) is 4.46. The molecule has 0 saturated heterocycles. The van der Waals surface area contributed by atoms with Crippen LogP contribution in [0.4, 0.5) is 4.79 Å². The van der Waals surface area contributed by atoms with Crippen molar-refractivity contribution in [3.8, 4) is 10.6 Å². The summed E-state index contributed by atoms with van der Waals surface area (Å²) < 4.78 is 7.93. The van der Waals surface area contributed by atoms with E-state index in [4.69, 9.17) is 14.7 Å². The molecule has 1 aliphatic heterocycles. The van der Waals surface area contributed by atoms with E-state index in [0.717, 1.165) is 62.8 Å². The molecule has 1 N–H and O–H groups in total. The average Bonchev–Trinajstić information content (AvgIpc) is 3.32. The topological polar surface area (TPSA) is 69.0 Å². The lowest BCUT2D eigenvalue weighted by Gasteiger charge is -2.23. The lowest BCUT2D eigenvalue weighted by Crippen LogP contribution is -2.29. The molecule has 33 heavy (non-hydrogen) atoms. The number of aromatic nitrogens is 3. The van der Waals surface area contributed by atoms with Gasteiger partial charge in [0.05, 0.1) is 22.0 Å². The van der Waals surface area contributed by atoms with Gasteiger partial charge in [0.25, 0.3) is 0 Å². The first kappa shape index (κ1) is 22.2. The number of carbonyl (C=O) groups is 1. The second kappa shape index (κ2) is 8.99. The van der Waals surface area contributed by atoms with E-state index >= 15 is 0 Å². The molecule has 6 nitrogen and oxygen atoms in total. The zero-order valence-electron chi connectivity index (χ0n) is 19.4. The molecule has 1 atom stereocenters. The molecule has 0 spiro atoms. The highest BCUT2D eigenvalue weighted by Gasteiger charge is 2.27. The number of hydrogen-bond donors (Lipinski definition) is 1. The van der Waals surface area contributed by atoms with Gasteiger partial charge in [-0.15, -0.1) is 11.3 Å². The summed E-state index contributed by atoms with van der Waals surface area (Å²) in [7, 11) is 0. The van der Waals surface area contributed by atoms with Gasteiger partial charge < -0.3 is 9.30 Å². The second-order valence-corrected chi connectivity index (χ2v) is 11.0. The van der Waals surface area contributed by atoms with Crippen molar-refractivity contribution < 1.29 is 9.53 Å². The third-order valence-corrected chi connectivity index (χ3v) is 8.38. The van der Waals surface area contributed by atoms with Crippen LogP contribution in [0.5, 0.6) is 0 Å². The Morgan fingerprint density at radius 2 is 2.12 bits per heavy atom. The largest absolute Gasteiger partial charge is 0.444 e. The van der Waals surface area contributed by atoms with Crippen molar-refractivity contribution in [1.82, 2.24) is 19.9 Å². The molecule has 1 aromatic carbocycles. The fraction of sp³-hybridized carbons (Fsp3) is 0.400. The molecule has 0 fully saturated rings. The summed E-state index contributed by atoms with van der Waals surface area (Å²) in [5, 5.41) is 3.92. The van der Waals surface area contributed by atoms with Crippen LogP contribution in [0, 0.1) is 26.7 Å². The van der Waals surface area contributed by atoms with Crippen LogP contribution in [0.2, 0.25) is 0 Å². The Morgan fingerprint density at radius 1 is 1.27 bits per heavy atom. The molecule has 3 heterocycles. The number of allylic oxidation sites excluding steroid dienone is 1. The summed E-state index contributed by atoms with van der Waals surface area (Å²) in [6.45, 7) is 9.52. The molecular weight excluding hydrogens is 452 g/mol. The van der Waals surface area contributed by atoms with Crippen LogP contribution in [0.15, 0.2) is 23.9 Å². The highest BCUT2D eigenvalue weighted by molar-refractivity contribution is 7.98. The standard InChI is InChI=1S/C25H28N4O2S2/c1-14-5-6-18(15(2)9-14)24-26-17(4)22(33-24)12-31-25(30)28-19-11-20-21(10-16(19)3)29-7-8-32-13-23(29)27-20/h5-6,9,11,16H,7-8,10,12-13H2,1-4H3,(H,28,30). The molecule has 1 aliphatic carbocycles. The highest BCUT2D eigenvalue weighted by atomic mass is 32.2. The zero-order valence-corrected chi connectivity index (χ0v) is 21.0. The summed E-state index contributed by atoms with van der Waals surface area (Å²) in [4.78, 5) is 23.1. The van der Waals surface area contributed by atoms with Gasteiger partial charge >= 0.3 is 6.09 Å². The molecule has 3 aromatic rings. The number of hydrogen-bond acceptors (Lipinski definition) is 6. The maximum atomic E-state index is 12.6. The number of fused-ring (bicyclic) bond motifs is 3. The van der Waals surface area contributed by atoms with Gasteiger partial charge in [-0.2, -0.15) is 11.8 Å². The molecule has 0 bridgehead atoms. The Hall–Kier alpha value is -2.58. The van der Waals surface area contributed by atoms with Crippen molar-refractivity contribution >= 4 is 35.3 Å². The summed E-state index contributed by atoms with van der Waals surface area (Å²) in [5.74, 6) is 3.44. The number of amides is 1. The number of carbonyl (C=O) groups excluding carboxylic acids is 1. The maximum Gasteiger partial charge on any atom is 0.411 e. The van der Waals surface area contributed by atoms with Gasteiger partial charge in [0, 0.05) is 35.2 Å². The fourth-order valence-corrected chi connectivity index (χ4v) is 6.37. The van der Waals surface area contributed by atoms with E-state index in [1.165, 1.54) is 16.8 Å². The van der Waals surface area contributed by atoms with Gasteiger partial charge in [-0.1, -0.05) is 30.7 Å². The number of thioether (sulfide) groups is 1. The molecule has 172 valence electrons. The smallest absolute Gasteiger partial charge is 0.411 e. The lowest BCUT2D eigenvalue weighted by molar-refractivity contribution is 0.142. The predicted octanol–water partition coefficient (Wildman–Crippen LogP) is 5.64. The molecule has 0 radical (unpaired) electrons. The van der Waals surface area contributed by atoms with Crippen LogP contribution < -0.4 is 5.32 Å². The lowest BCUT2D eigenvalue weighted by atomic mass is 9.94. The Balaban J connectivity index is 1.26. The molecule has 5 rings (SSSR count). The van der Waals surface area contributed by atoms with Gasteiger partial charge in [-0.25, -0.2) is 14.8 Å². The minimum atomic E-state index is -0.433. The number of rotatable bonds is 4. The SMILES string of the molecule is Cc1ccc(-c2nc(C)c(COC(=O)NC3=Cc4nc5n(c4CC3C)CCSC5)s2)c(C)c1. The molecular formula is C25H28N4O2S2. The van der Waals surface area contributed by atoms with Crippen LogP contribution in [0.25, 0.3) is 16.6 Å². The molecule has 2 aromatic heterocycles. The fourth-order valence-electron chi connectivity index (χ4n) is 4.45. The third-order valence-electron chi connectivity index (χ3n) is 6.28. The number of alkyl carbamates (subject to hydrolysis) is 1. The van der Waals surface area contributed by atoms with Crippen molar-refractivity contribution in [2.45, 2.75) is 53.0 Å². The molecule has 1 unspecified atom stereocenters. The van der Waals surface area contributed by atoms with E-state index in [0.29, 0.717) is 0 Å². The maximum absolute atomic E-state index is 12.6. The van der Waals surface area contributed by atoms with E-state index in [9.17, 15) is 4.79 Å². The van der Waals surface area contributed by atoms with Crippen molar-refractivity contribution in [1.29, 1.82) is 0 Å². The molecule has 2 aliphatic rings. The normalized spacial score (nSPS) is 17.2. The van der Waals surface area contributed by atoms with Crippen LogP contribution in [0.1, 0.15) is 45.8 Å². The Bertz CT molecular complexity index is 1260. The van der Waals surface area contributed by atoms with Crippen LogP contribution >= 0.6 is 23.1 Å². The minimum Gasteiger partial charge on any atom is -0.444 e. The summed E-state index contributed by atoms with van der Waals surface area (Å²) in [6.07, 6.45) is 2.46. The second-order valence-electron chi connectivity index (χ2n) is 8.82. The number of nitrogens with zero attached hydrogens (tertiary/aromatic N) is 3. The van der Waals surface area contributed by atoms with Crippen molar-refractivity contribution in [3.63, 3.8) is 0 Å². The van der Waals surface area contributed by atoms with Gasteiger partial charge in [0.2, 0.25) is 0 Å². The van der Waals surface area contributed by atoms with E-state index < -0.39 is 6.09 Å². The monoisotopic (exact) mass is 480 g/mol. The number of ether oxygens (including phenoxy) is 1. The first-order chi connectivity index (χ1) is 15.9. The minimum absolute atomic E-state index is 0.210. The summed E-state index contributed by atoms with van der Waals surface area (Å²) in [6, 6.07) is 6.37. The van der Waals surface area contributed by atoms with Crippen LogP contribution in [0.3, 0.4) is 0 Å². The number of aryl methyl sites for hydroxylation is 3. The van der Waals surface area contributed by atoms with Gasteiger partial charge in [0.1, 0.15) is 17.4 Å². The molecule has 0 saturated carbocycles. The first-order valence-corrected chi connectivity index (χ1v) is 13.2. The summed E-state index contributed by atoms with van der Waals surface area (Å²) >= 11 is 3.50. The van der Waals surface area contributed by atoms with Crippen molar-refractivity contribution in [2.75, 3.05) is 5.75 Å². The van der Waals surface area contributed by atoms with Crippen LogP contribution in [-0.2, 0) is 30.1 Å². The average molecular weight is 481 g/mol. The van der Waals surface area contributed by atoms with E-state index in [2.05, 4.69) is 48.9 Å². The quantitative estimate of drug-likeness (QED) is 0.523. The van der Waals surface area contributed by atoms with E-state index in [1.807, 2.05) is 24.8 Å². The van der Waals surface area contributed by atoms with Crippen molar-refractivity contribution in [2.24, 2.45) is 5.92 Å². The number of nitrogens with one attached hydrogen (secondary N) is 1. The van der Waals surface area contributed by atoms with Gasteiger partial charge in [-0.3, -0.25) is 5.32 Å². The first-order valence-electron chi connectivity index (χ1n) is 11.2. The Kier molecular flexibility index (Phi) is 6.05.